The molecule has 0 aliphatic rings. The van der Waals surface area contributed by atoms with Crippen molar-refractivity contribution in [1.82, 2.24) is 14.6 Å². The van der Waals surface area contributed by atoms with Crippen LogP contribution in [0, 0.1) is 0 Å². The van der Waals surface area contributed by atoms with E-state index in [1.165, 1.54) is 16.6 Å². The van der Waals surface area contributed by atoms with Gasteiger partial charge in [0.05, 0.1) is 0 Å². The van der Waals surface area contributed by atoms with Crippen LogP contribution in [-0.4, -0.2) is 14.6 Å². The number of nitrogens with zero attached hydrogens (tertiary/aromatic N) is 3. The Hall–Kier alpha value is -1.04. The zero-order chi connectivity index (χ0) is 11.9. The highest BCUT2D eigenvalue weighted by Crippen LogP contribution is 2.24. The van der Waals surface area contributed by atoms with E-state index in [9.17, 15) is 8.78 Å². The van der Waals surface area contributed by atoms with Crippen LogP contribution in [0.2, 0.25) is 0 Å². The van der Waals surface area contributed by atoms with Gasteiger partial charge in [0.2, 0.25) is 0 Å². The summed E-state index contributed by atoms with van der Waals surface area (Å²) in [6.07, 6.45) is -2.50. The molecule has 16 heavy (non-hydrogen) atoms. The molecular weight excluding hydrogens is 280 g/mol. The van der Waals surface area contributed by atoms with Crippen LogP contribution in [-0.2, 0) is 0 Å². The first-order valence-electron chi connectivity index (χ1n) is 4.83. The molecule has 0 aliphatic heterocycles. The molecule has 0 amide bonds. The summed E-state index contributed by atoms with van der Waals surface area (Å²) in [5.41, 5.74) is 0.385. The van der Waals surface area contributed by atoms with Crippen LogP contribution in [0.25, 0.3) is 5.65 Å². The highest BCUT2D eigenvalue weighted by Gasteiger charge is 2.14. The van der Waals surface area contributed by atoms with E-state index in [0.29, 0.717) is 16.1 Å². The van der Waals surface area contributed by atoms with E-state index in [4.69, 9.17) is 0 Å². The summed E-state index contributed by atoms with van der Waals surface area (Å²) in [6.45, 7) is 3.91. The second-order valence-corrected chi connectivity index (χ2v) is 4.62. The lowest BCUT2D eigenvalue weighted by Gasteiger charge is -2.01. The molecule has 0 saturated carbocycles. The van der Waals surface area contributed by atoms with Crippen LogP contribution in [0.3, 0.4) is 0 Å². The predicted octanol–water partition coefficient (Wildman–Crippen LogP) is 3.55. The quantitative estimate of drug-likeness (QED) is 0.792. The standard InChI is InChI=1S/C10H10BrF2N3/c1-5(2)10-14-8-4-6(9(12)13)3-7(11)16(8)15-10/h3-5,9H,1-2H3. The Kier molecular flexibility index (Phi) is 2.92. The first kappa shape index (κ1) is 11.4. The van der Waals surface area contributed by atoms with Gasteiger partial charge in [0, 0.05) is 11.5 Å². The van der Waals surface area contributed by atoms with Crippen LogP contribution >= 0.6 is 15.9 Å². The molecule has 2 aromatic heterocycles. The van der Waals surface area contributed by atoms with E-state index in [-0.39, 0.29) is 11.5 Å². The van der Waals surface area contributed by atoms with Crippen LogP contribution in [0.1, 0.15) is 37.6 Å². The van der Waals surface area contributed by atoms with Gasteiger partial charge >= 0.3 is 0 Å². The molecule has 0 aliphatic carbocycles. The predicted molar refractivity (Wildman–Crippen MR) is 59.7 cm³/mol. The zero-order valence-corrected chi connectivity index (χ0v) is 10.4. The normalized spacial score (nSPS) is 11.9. The zero-order valence-electron chi connectivity index (χ0n) is 8.78. The van der Waals surface area contributed by atoms with Crippen molar-refractivity contribution in [2.75, 3.05) is 0 Å². The Bertz CT molecular complexity index is 522. The first-order valence-corrected chi connectivity index (χ1v) is 5.62. The van der Waals surface area contributed by atoms with Gasteiger partial charge in [-0.2, -0.15) is 0 Å². The van der Waals surface area contributed by atoms with Gasteiger partial charge in [-0.05, 0) is 28.1 Å². The molecule has 0 unspecified atom stereocenters. The molecule has 3 nitrogen and oxygen atoms in total. The minimum atomic E-state index is -2.50. The third-order valence-corrected chi connectivity index (χ3v) is 2.77. The number of fused-ring (bicyclic) bond motifs is 1. The minimum Gasteiger partial charge on any atom is -0.212 e. The molecule has 2 rings (SSSR count). The largest absolute Gasteiger partial charge is 0.264 e. The van der Waals surface area contributed by atoms with E-state index in [1.807, 2.05) is 13.8 Å². The van der Waals surface area contributed by atoms with E-state index in [2.05, 4.69) is 26.0 Å². The summed E-state index contributed by atoms with van der Waals surface area (Å²) in [4.78, 5) is 4.20. The first-order chi connectivity index (χ1) is 7.49. The van der Waals surface area contributed by atoms with Crippen molar-refractivity contribution < 1.29 is 8.78 Å². The van der Waals surface area contributed by atoms with E-state index in [0.717, 1.165) is 0 Å². The Morgan fingerprint density at radius 1 is 1.31 bits per heavy atom. The fourth-order valence-corrected chi connectivity index (χ4v) is 1.88. The maximum absolute atomic E-state index is 12.6. The Morgan fingerprint density at radius 2 is 2.00 bits per heavy atom. The number of alkyl halides is 2. The molecule has 0 atom stereocenters. The smallest absolute Gasteiger partial charge is 0.212 e. The molecular formula is C10H10BrF2N3. The topological polar surface area (TPSA) is 30.2 Å². The van der Waals surface area contributed by atoms with Gasteiger partial charge < -0.3 is 0 Å². The van der Waals surface area contributed by atoms with E-state index >= 15 is 0 Å². The monoisotopic (exact) mass is 289 g/mol. The van der Waals surface area contributed by atoms with Crippen molar-refractivity contribution in [2.24, 2.45) is 0 Å². The maximum Gasteiger partial charge on any atom is 0.264 e. The van der Waals surface area contributed by atoms with Crippen molar-refractivity contribution >= 4 is 21.6 Å². The summed E-state index contributed by atoms with van der Waals surface area (Å²) in [5, 5.41) is 4.23. The SMILES string of the molecule is CC(C)c1nc2cc(C(F)F)cc(Br)n2n1. The molecule has 2 aromatic rings. The van der Waals surface area contributed by atoms with Gasteiger partial charge in [-0.25, -0.2) is 18.3 Å². The maximum atomic E-state index is 12.6. The number of hydrogen-bond donors (Lipinski definition) is 0. The third kappa shape index (κ3) is 1.93. The van der Waals surface area contributed by atoms with Crippen molar-refractivity contribution in [3.63, 3.8) is 0 Å². The van der Waals surface area contributed by atoms with E-state index in [1.54, 1.807) is 0 Å². The van der Waals surface area contributed by atoms with Gasteiger partial charge in [0.15, 0.2) is 11.5 Å². The minimum absolute atomic E-state index is 0.0536. The number of rotatable bonds is 2. The fourth-order valence-electron chi connectivity index (χ4n) is 1.35. The Morgan fingerprint density at radius 3 is 2.56 bits per heavy atom. The fraction of sp³-hybridized carbons (Fsp3) is 0.400. The number of pyridine rings is 1. The van der Waals surface area contributed by atoms with Crippen molar-refractivity contribution in [3.8, 4) is 0 Å². The van der Waals surface area contributed by atoms with Crippen molar-refractivity contribution in [2.45, 2.75) is 26.2 Å². The second kappa shape index (κ2) is 4.08. The van der Waals surface area contributed by atoms with Gasteiger partial charge in [-0.1, -0.05) is 13.8 Å². The lowest BCUT2D eigenvalue weighted by atomic mass is 10.2. The van der Waals surface area contributed by atoms with Crippen LogP contribution in [0.15, 0.2) is 16.7 Å². The molecule has 0 radical (unpaired) electrons. The lowest BCUT2D eigenvalue weighted by Crippen LogP contribution is -1.94. The third-order valence-electron chi connectivity index (χ3n) is 2.20. The molecule has 0 bridgehead atoms. The second-order valence-electron chi connectivity index (χ2n) is 3.81. The molecule has 6 heteroatoms. The lowest BCUT2D eigenvalue weighted by molar-refractivity contribution is 0.151. The highest BCUT2D eigenvalue weighted by molar-refractivity contribution is 9.10. The van der Waals surface area contributed by atoms with Crippen molar-refractivity contribution in [3.05, 3.63) is 28.1 Å². The molecule has 0 saturated heterocycles. The van der Waals surface area contributed by atoms with Gasteiger partial charge in [-0.3, -0.25) is 0 Å². The molecule has 0 N–H and O–H groups in total. The number of halogens is 3. The summed E-state index contributed by atoms with van der Waals surface area (Å²) < 4.78 is 27.1. The van der Waals surface area contributed by atoms with E-state index < -0.39 is 6.43 Å². The highest BCUT2D eigenvalue weighted by atomic mass is 79.9. The molecule has 0 spiro atoms. The number of aromatic nitrogens is 3. The Labute approximate surface area is 99.6 Å². The summed E-state index contributed by atoms with van der Waals surface area (Å²) in [5.74, 6) is 0.814. The summed E-state index contributed by atoms with van der Waals surface area (Å²) in [7, 11) is 0. The molecule has 86 valence electrons. The van der Waals surface area contributed by atoms with Gasteiger partial charge in [0.25, 0.3) is 6.43 Å². The Balaban J connectivity index is 2.63. The van der Waals surface area contributed by atoms with Crippen LogP contribution < -0.4 is 0 Å². The van der Waals surface area contributed by atoms with Gasteiger partial charge in [-0.15, -0.1) is 5.10 Å². The molecule has 2 heterocycles. The van der Waals surface area contributed by atoms with Crippen molar-refractivity contribution in [1.29, 1.82) is 0 Å². The molecule has 0 aromatic carbocycles. The van der Waals surface area contributed by atoms with Gasteiger partial charge in [0.1, 0.15) is 4.60 Å². The van der Waals surface area contributed by atoms with Crippen LogP contribution in [0.4, 0.5) is 8.78 Å². The summed E-state index contributed by atoms with van der Waals surface area (Å²) in [6, 6.07) is 2.71. The average molecular weight is 290 g/mol. The number of hydrogen-bond acceptors (Lipinski definition) is 2. The van der Waals surface area contributed by atoms with Crippen LogP contribution in [0.5, 0.6) is 0 Å². The average Bonchev–Trinajstić information content (AvgIpc) is 2.61. The molecule has 0 fully saturated rings. The summed E-state index contributed by atoms with van der Waals surface area (Å²) >= 11 is 3.21.